The van der Waals surface area contributed by atoms with Crippen LogP contribution in [0.4, 0.5) is 0 Å². The third kappa shape index (κ3) is 3.47. The van der Waals surface area contributed by atoms with Crippen molar-refractivity contribution in [1.29, 1.82) is 0 Å². The molecule has 0 aromatic heterocycles. The Morgan fingerprint density at radius 1 is 1.04 bits per heavy atom. The Labute approximate surface area is 149 Å². The maximum Gasteiger partial charge on any atom is 0.226 e. The molecule has 0 spiro atoms. The molecule has 2 heterocycles. The van der Waals surface area contributed by atoms with Crippen molar-refractivity contribution in [3.05, 3.63) is 35.9 Å². The average molecular weight is 362 g/mol. The fourth-order valence-electron chi connectivity index (χ4n) is 4.38. The summed E-state index contributed by atoms with van der Waals surface area (Å²) in [6, 6.07) is 10.1. The molecule has 1 aromatic carbocycles. The van der Waals surface area contributed by atoms with Crippen molar-refractivity contribution in [2.45, 2.75) is 37.8 Å². The maximum atomic E-state index is 12.7. The molecule has 3 fully saturated rings. The molecule has 0 radical (unpaired) electrons. The van der Waals surface area contributed by atoms with Crippen LogP contribution in [-0.4, -0.2) is 67.3 Å². The van der Waals surface area contributed by atoms with Crippen molar-refractivity contribution in [1.82, 2.24) is 9.80 Å². The number of sulfone groups is 1. The van der Waals surface area contributed by atoms with Gasteiger partial charge in [0.1, 0.15) is 0 Å². The molecule has 0 N–H and O–H groups in total. The minimum atomic E-state index is -3.06. The fourth-order valence-corrected chi connectivity index (χ4v) is 6.39. The largest absolute Gasteiger partial charge is 0.336 e. The predicted octanol–water partition coefficient (Wildman–Crippen LogP) is 1.34. The van der Waals surface area contributed by atoms with Gasteiger partial charge in [0, 0.05) is 31.6 Å². The Hall–Kier alpha value is -1.40. The summed E-state index contributed by atoms with van der Waals surface area (Å²) in [6.07, 6.45) is 3.98. The molecule has 0 bridgehead atoms. The molecule has 1 saturated carbocycles. The van der Waals surface area contributed by atoms with E-state index in [-0.39, 0.29) is 35.4 Å². The summed E-state index contributed by atoms with van der Waals surface area (Å²) in [4.78, 5) is 16.9. The highest BCUT2D eigenvalue weighted by Gasteiger charge is 2.48. The van der Waals surface area contributed by atoms with E-state index in [1.54, 1.807) is 0 Å². The Bertz CT molecular complexity index is 730. The van der Waals surface area contributed by atoms with Gasteiger partial charge in [-0.2, -0.15) is 0 Å². The number of piperazine rings is 1. The highest BCUT2D eigenvalue weighted by Crippen LogP contribution is 2.33. The van der Waals surface area contributed by atoms with Crippen molar-refractivity contribution in [3.8, 4) is 0 Å². The molecule has 2 aliphatic heterocycles. The van der Waals surface area contributed by atoms with Crippen LogP contribution in [0.2, 0.25) is 0 Å². The van der Waals surface area contributed by atoms with Gasteiger partial charge in [0.15, 0.2) is 9.84 Å². The van der Waals surface area contributed by atoms with Crippen molar-refractivity contribution in [3.63, 3.8) is 0 Å². The smallest absolute Gasteiger partial charge is 0.226 e. The number of amides is 1. The van der Waals surface area contributed by atoms with E-state index >= 15 is 0 Å². The SMILES string of the molecule is O=C(C1CCC1)N1CCN(CCc2ccccc2)[C@@H]2CS(=O)(=O)C[C@@H]21. The minimum absolute atomic E-state index is 0.0357. The normalized spacial score (nSPS) is 29.2. The van der Waals surface area contributed by atoms with Gasteiger partial charge in [0.25, 0.3) is 0 Å². The van der Waals surface area contributed by atoms with Crippen LogP contribution in [-0.2, 0) is 21.1 Å². The van der Waals surface area contributed by atoms with E-state index in [9.17, 15) is 13.2 Å². The number of hydrogen-bond acceptors (Lipinski definition) is 4. The van der Waals surface area contributed by atoms with Crippen LogP contribution in [0.15, 0.2) is 30.3 Å². The molecule has 2 atom stereocenters. The van der Waals surface area contributed by atoms with Crippen LogP contribution in [0, 0.1) is 5.92 Å². The quantitative estimate of drug-likeness (QED) is 0.811. The second-order valence-electron chi connectivity index (χ2n) is 7.64. The zero-order valence-electron chi connectivity index (χ0n) is 14.5. The molecule has 3 aliphatic rings. The predicted molar refractivity (Wildman–Crippen MR) is 97.0 cm³/mol. The van der Waals surface area contributed by atoms with Gasteiger partial charge < -0.3 is 4.90 Å². The minimum Gasteiger partial charge on any atom is -0.336 e. The average Bonchev–Trinajstić information content (AvgIpc) is 2.87. The summed E-state index contributed by atoms with van der Waals surface area (Å²) in [5.41, 5.74) is 1.27. The van der Waals surface area contributed by atoms with Crippen LogP contribution in [0.3, 0.4) is 0 Å². The van der Waals surface area contributed by atoms with Crippen LogP contribution >= 0.6 is 0 Å². The van der Waals surface area contributed by atoms with Crippen LogP contribution in [0.25, 0.3) is 0 Å². The molecule has 136 valence electrons. The topological polar surface area (TPSA) is 57.7 Å². The van der Waals surface area contributed by atoms with Crippen molar-refractivity contribution >= 4 is 15.7 Å². The molecule has 6 heteroatoms. The molecule has 1 amide bonds. The van der Waals surface area contributed by atoms with E-state index in [0.717, 1.165) is 38.8 Å². The van der Waals surface area contributed by atoms with E-state index in [4.69, 9.17) is 0 Å². The summed E-state index contributed by atoms with van der Waals surface area (Å²) in [6.45, 7) is 2.30. The fraction of sp³-hybridized carbons (Fsp3) is 0.632. The first-order valence-corrected chi connectivity index (χ1v) is 11.1. The van der Waals surface area contributed by atoms with Gasteiger partial charge >= 0.3 is 0 Å². The zero-order chi connectivity index (χ0) is 17.4. The number of benzene rings is 1. The molecule has 25 heavy (non-hydrogen) atoms. The first-order chi connectivity index (χ1) is 12.0. The second-order valence-corrected chi connectivity index (χ2v) is 9.80. The first kappa shape index (κ1) is 17.0. The highest BCUT2D eigenvalue weighted by atomic mass is 32.2. The third-order valence-corrected chi connectivity index (χ3v) is 7.76. The maximum absolute atomic E-state index is 12.7. The summed E-state index contributed by atoms with van der Waals surface area (Å²) in [7, 11) is -3.06. The zero-order valence-corrected chi connectivity index (χ0v) is 15.3. The Morgan fingerprint density at radius 2 is 1.76 bits per heavy atom. The van der Waals surface area contributed by atoms with Gasteiger partial charge in [-0.3, -0.25) is 9.69 Å². The molecule has 0 unspecified atom stereocenters. The summed E-state index contributed by atoms with van der Waals surface area (Å²) >= 11 is 0. The molecule has 1 aromatic rings. The number of fused-ring (bicyclic) bond motifs is 1. The van der Waals surface area contributed by atoms with Crippen LogP contribution in [0.5, 0.6) is 0 Å². The van der Waals surface area contributed by atoms with Gasteiger partial charge in [-0.15, -0.1) is 0 Å². The van der Waals surface area contributed by atoms with Crippen LogP contribution < -0.4 is 0 Å². The number of nitrogens with zero attached hydrogens (tertiary/aromatic N) is 2. The molecular formula is C19H26N2O3S. The van der Waals surface area contributed by atoms with E-state index in [2.05, 4.69) is 17.0 Å². The Morgan fingerprint density at radius 3 is 2.44 bits per heavy atom. The summed E-state index contributed by atoms with van der Waals surface area (Å²) in [5, 5.41) is 0. The van der Waals surface area contributed by atoms with E-state index in [1.165, 1.54) is 5.56 Å². The van der Waals surface area contributed by atoms with E-state index < -0.39 is 9.84 Å². The Kier molecular flexibility index (Phi) is 4.58. The van der Waals surface area contributed by atoms with Crippen molar-refractivity contribution in [2.75, 3.05) is 31.1 Å². The molecule has 2 saturated heterocycles. The van der Waals surface area contributed by atoms with Gasteiger partial charge in [0.05, 0.1) is 17.5 Å². The van der Waals surface area contributed by atoms with Gasteiger partial charge in [-0.1, -0.05) is 36.8 Å². The molecule has 1 aliphatic carbocycles. The monoisotopic (exact) mass is 362 g/mol. The number of hydrogen-bond donors (Lipinski definition) is 0. The lowest BCUT2D eigenvalue weighted by Crippen LogP contribution is -2.62. The lowest BCUT2D eigenvalue weighted by atomic mass is 9.83. The second kappa shape index (κ2) is 6.72. The summed E-state index contributed by atoms with van der Waals surface area (Å²) in [5.74, 6) is 0.666. The molecular weight excluding hydrogens is 336 g/mol. The van der Waals surface area contributed by atoms with E-state index in [1.807, 2.05) is 23.1 Å². The lowest BCUT2D eigenvalue weighted by molar-refractivity contribution is -0.144. The first-order valence-electron chi connectivity index (χ1n) is 9.32. The highest BCUT2D eigenvalue weighted by molar-refractivity contribution is 7.91. The number of carbonyl (C=O) groups is 1. The van der Waals surface area contributed by atoms with Gasteiger partial charge in [-0.05, 0) is 24.8 Å². The van der Waals surface area contributed by atoms with Crippen molar-refractivity contribution < 1.29 is 13.2 Å². The van der Waals surface area contributed by atoms with Gasteiger partial charge in [-0.25, -0.2) is 8.42 Å². The summed E-state index contributed by atoms with van der Waals surface area (Å²) < 4.78 is 24.5. The van der Waals surface area contributed by atoms with Crippen molar-refractivity contribution in [2.24, 2.45) is 5.92 Å². The number of carbonyl (C=O) groups excluding carboxylic acids is 1. The number of rotatable bonds is 4. The van der Waals surface area contributed by atoms with Gasteiger partial charge in [0.2, 0.25) is 5.91 Å². The van der Waals surface area contributed by atoms with E-state index in [0.29, 0.717) is 6.54 Å². The molecule has 5 nitrogen and oxygen atoms in total. The standard InChI is InChI=1S/C19H26N2O3S/c22-19(16-7-4-8-16)21-12-11-20(10-9-15-5-2-1-3-6-15)17-13-25(23,24)14-18(17)21/h1-3,5-6,16-18H,4,7-14H2/t17-,18+/m1/s1. The third-order valence-electron chi connectivity index (χ3n) is 6.06. The van der Waals surface area contributed by atoms with Crippen LogP contribution in [0.1, 0.15) is 24.8 Å². The lowest BCUT2D eigenvalue weighted by Gasteiger charge is -2.45. The molecule has 4 rings (SSSR count). The Balaban J connectivity index is 1.47.